The fourth-order valence-electron chi connectivity index (χ4n) is 3.11. The SMILES string of the molecule is Cc1cccc(NC(=O)[C@@H](c2cccc([N+](=O)[O-])c2)N2CCOCC2)c1. The Morgan fingerprint density at radius 1 is 1.19 bits per heavy atom. The van der Waals surface area contributed by atoms with E-state index < -0.39 is 11.0 Å². The Labute approximate surface area is 151 Å². The number of rotatable bonds is 5. The molecule has 1 saturated heterocycles. The Hall–Kier alpha value is -2.77. The summed E-state index contributed by atoms with van der Waals surface area (Å²) in [4.78, 5) is 25.7. The highest BCUT2D eigenvalue weighted by atomic mass is 16.6. The average Bonchev–Trinajstić information content (AvgIpc) is 2.63. The number of aryl methyl sites for hydroxylation is 1. The third-order valence-corrected chi connectivity index (χ3v) is 4.34. The van der Waals surface area contributed by atoms with Gasteiger partial charge in [-0.25, -0.2) is 0 Å². The highest BCUT2D eigenvalue weighted by molar-refractivity contribution is 5.95. The maximum atomic E-state index is 13.0. The van der Waals surface area contributed by atoms with Gasteiger partial charge in [0.25, 0.3) is 5.69 Å². The summed E-state index contributed by atoms with van der Waals surface area (Å²) in [6, 6.07) is 13.2. The summed E-state index contributed by atoms with van der Waals surface area (Å²) in [5.74, 6) is -0.210. The maximum Gasteiger partial charge on any atom is 0.269 e. The van der Waals surface area contributed by atoms with E-state index in [-0.39, 0.29) is 11.6 Å². The van der Waals surface area contributed by atoms with Crippen molar-refractivity contribution in [2.75, 3.05) is 31.6 Å². The molecule has 7 heteroatoms. The summed E-state index contributed by atoms with van der Waals surface area (Å²) in [7, 11) is 0. The molecule has 0 radical (unpaired) electrons. The van der Waals surface area contributed by atoms with E-state index >= 15 is 0 Å². The van der Waals surface area contributed by atoms with Gasteiger partial charge in [0.05, 0.1) is 18.1 Å². The number of anilines is 1. The van der Waals surface area contributed by atoms with E-state index in [4.69, 9.17) is 4.74 Å². The lowest BCUT2D eigenvalue weighted by Crippen LogP contribution is -2.43. The number of non-ortho nitro benzene ring substituents is 1. The number of benzene rings is 2. The molecule has 3 rings (SSSR count). The van der Waals surface area contributed by atoms with Crippen molar-refractivity contribution in [1.29, 1.82) is 0 Å². The number of ether oxygens (including phenoxy) is 1. The zero-order valence-corrected chi connectivity index (χ0v) is 14.6. The second-order valence-electron chi connectivity index (χ2n) is 6.26. The first-order valence-electron chi connectivity index (χ1n) is 8.48. The average molecular weight is 355 g/mol. The van der Waals surface area contributed by atoms with Gasteiger partial charge in [-0.15, -0.1) is 0 Å². The van der Waals surface area contributed by atoms with E-state index in [1.165, 1.54) is 12.1 Å². The molecule has 2 aromatic rings. The van der Waals surface area contributed by atoms with E-state index in [0.717, 1.165) is 5.56 Å². The molecule has 1 heterocycles. The van der Waals surface area contributed by atoms with Crippen molar-refractivity contribution < 1.29 is 14.5 Å². The van der Waals surface area contributed by atoms with E-state index in [1.54, 1.807) is 12.1 Å². The zero-order valence-electron chi connectivity index (χ0n) is 14.6. The van der Waals surface area contributed by atoms with Gasteiger partial charge in [0, 0.05) is 30.9 Å². The first kappa shape index (κ1) is 18.0. The number of carbonyl (C=O) groups excluding carboxylic acids is 1. The molecule has 1 N–H and O–H groups in total. The minimum absolute atomic E-state index is 0.0240. The topological polar surface area (TPSA) is 84.7 Å². The Morgan fingerprint density at radius 2 is 1.92 bits per heavy atom. The van der Waals surface area contributed by atoms with Crippen LogP contribution in [-0.4, -0.2) is 42.0 Å². The lowest BCUT2D eigenvalue weighted by Gasteiger charge is -2.33. The third-order valence-electron chi connectivity index (χ3n) is 4.34. The quantitative estimate of drug-likeness (QED) is 0.658. The Balaban J connectivity index is 1.91. The summed E-state index contributed by atoms with van der Waals surface area (Å²) in [5, 5.41) is 14.1. The number of nitro groups is 1. The van der Waals surface area contributed by atoms with Crippen LogP contribution in [0.5, 0.6) is 0 Å². The molecular formula is C19H21N3O4. The van der Waals surface area contributed by atoms with Gasteiger partial charge in [-0.05, 0) is 30.2 Å². The first-order chi connectivity index (χ1) is 12.5. The minimum atomic E-state index is -0.612. The smallest absolute Gasteiger partial charge is 0.269 e. The van der Waals surface area contributed by atoms with Crippen molar-refractivity contribution in [2.45, 2.75) is 13.0 Å². The highest BCUT2D eigenvalue weighted by Crippen LogP contribution is 2.27. The van der Waals surface area contributed by atoms with Crippen molar-refractivity contribution >= 4 is 17.3 Å². The Bertz CT molecular complexity index is 803. The van der Waals surface area contributed by atoms with Gasteiger partial charge in [0.15, 0.2) is 0 Å². The standard InChI is InChI=1S/C19H21N3O4/c1-14-4-2-6-16(12-14)20-19(23)18(21-8-10-26-11-9-21)15-5-3-7-17(13-15)22(24)25/h2-7,12-13,18H,8-11H2,1H3,(H,20,23)/t18-/m1/s1. The van der Waals surface area contributed by atoms with E-state index in [0.29, 0.717) is 37.6 Å². The van der Waals surface area contributed by atoms with Crippen molar-refractivity contribution in [2.24, 2.45) is 0 Å². The van der Waals surface area contributed by atoms with Crippen LogP contribution >= 0.6 is 0 Å². The largest absolute Gasteiger partial charge is 0.379 e. The molecule has 1 amide bonds. The van der Waals surface area contributed by atoms with Gasteiger partial charge in [-0.2, -0.15) is 0 Å². The van der Waals surface area contributed by atoms with Crippen LogP contribution in [0.1, 0.15) is 17.2 Å². The number of hydrogen-bond donors (Lipinski definition) is 1. The van der Waals surface area contributed by atoms with Crippen LogP contribution in [0.3, 0.4) is 0 Å². The van der Waals surface area contributed by atoms with Gasteiger partial charge in [0.2, 0.25) is 5.91 Å². The highest BCUT2D eigenvalue weighted by Gasteiger charge is 2.30. The number of amides is 1. The monoisotopic (exact) mass is 355 g/mol. The summed E-state index contributed by atoms with van der Waals surface area (Å²) in [6.45, 7) is 4.20. The third kappa shape index (κ3) is 4.25. The van der Waals surface area contributed by atoms with Crippen LogP contribution in [0.15, 0.2) is 48.5 Å². The van der Waals surface area contributed by atoms with Gasteiger partial charge in [0.1, 0.15) is 6.04 Å². The van der Waals surface area contributed by atoms with E-state index in [2.05, 4.69) is 5.32 Å². The van der Waals surface area contributed by atoms with Gasteiger partial charge < -0.3 is 10.1 Å². The lowest BCUT2D eigenvalue weighted by atomic mass is 10.0. The lowest BCUT2D eigenvalue weighted by molar-refractivity contribution is -0.384. The fraction of sp³-hybridized carbons (Fsp3) is 0.316. The number of nitro benzene ring substituents is 1. The van der Waals surface area contributed by atoms with Crippen LogP contribution in [-0.2, 0) is 9.53 Å². The zero-order chi connectivity index (χ0) is 18.5. The fourth-order valence-corrected chi connectivity index (χ4v) is 3.11. The molecule has 0 aliphatic carbocycles. The van der Waals surface area contributed by atoms with Crippen LogP contribution in [0.4, 0.5) is 11.4 Å². The molecule has 0 saturated carbocycles. The first-order valence-corrected chi connectivity index (χ1v) is 8.48. The van der Waals surface area contributed by atoms with Crippen molar-refractivity contribution in [3.8, 4) is 0 Å². The Kier molecular flexibility index (Phi) is 5.60. The molecule has 1 fully saturated rings. The molecule has 1 atom stereocenters. The Morgan fingerprint density at radius 3 is 2.62 bits per heavy atom. The summed E-state index contributed by atoms with van der Waals surface area (Å²) < 4.78 is 5.38. The van der Waals surface area contributed by atoms with Gasteiger partial charge >= 0.3 is 0 Å². The number of nitrogens with one attached hydrogen (secondary N) is 1. The molecular weight excluding hydrogens is 334 g/mol. The van der Waals surface area contributed by atoms with E-state index in [9.17, 15) is 14.9 Å². The number of hydrogen-bond acceptors (Lipinski definition) is 5. The number of morpholine rings is 1. The predicted octanol–water partition coefficient (Wildman–Crippen LogP) is 2.92. The molecule has 1 aliphatic heterocycles. The molecule has 0 bridgehead atoms. The van der Waals surface area contributed by atoms with Crippen molar-refractivity contribution in [1.82, 2.24) is 4.90 Å². The van der Waals surface area contributed by atoms with E-state index in [1.807, 2.05) is 36.1 Å². The van der Waals surface area contributed by atoms with Gasteiger partial charge in [-0.1, -0.05) is 24.3 Å². The number of carbonyl (C=O) groups is 1. The molecule has 2 aromatic carbocycles. The normalized spacial score (nSPS) is 16.0. The predicted molar refractivity (Wildman–Crippen MR) is 98.0 cm³/mol. The molecule has 136 valence electrons. The van der Waals surface area contributed by atoms with Gasteiger partial charge in [-0.3, -0.25) is 19.8 Å². The molecule has 1 aliphatic rings. The van der Waals surface area contributed by atoms with Crippen molar-refractivity contribution in [3.63, 3.8) is 0 Å². The van der Waals surface area contributed by atoms with Crippen LogP contribution < -0.4 is 5.32 Å². The summed E-state index contributed by atoms with van der Waals surface area (Å²) in [6.07, 6.45) is 0. The van der Waals surface area contributed by atoms with Crippen LogP contribution in [0.2, 0.25) is 0 Å². The number of nitrogens with zero attached hydrogens (tertiary/aromatic N) is 2. The second kappa shape index (κ2) is 8.07. The second-order valence-corrected chi connectivity index (χ2v) is 6.26. The summed E-state index contributed by atoms with van der Waals surface area (Å²) >= 11 is 0. The molecule has 0 unspecified atom stereocenters. The van der Waals surface area contributed by atoms with Crippen LogP contribution in [0, 0.1) is 17.0 Å². The molecule has 0 aromatic heterocycles. The molecule has 7 nitrogen and oxygen atoms in total. The van der Waals surface area contributed by atoms with Crippen LogP contribution in [0.25, 0.3) is 0 Å². The maximum absolute atomic E-state index is 13.0. The summed E-state index contributed by atoms with van der Waals surface area (Å²) in [5.41, 5.74) is 2.33. The molecule has 0 spiro atoms. The van der Waals surface area contributed by atoms with Crippen molar-refractivity contribution in [3.05, 3.63) is 69.8 Å². The molecule has 26 heavy (non-hydrogen) atoms. The minimum Gasteiger partial charge on any atom is -0.379 e.